The molecule has 0 aliphatic carbocycles. The van der Waals surface area contributed by atoms with Gasteiger partial charge in [-0.25, -0.2) is 9.97 Å². The van der Waals surface area contributed by atoms with E-state index in [1.54, 1.807) is 6.33 Å². The van der Waals surface area contributed by atoms with Crippen LogP contribution in [0.1, 0.15) is 39.7 Å². The first-order valence-corrected chi connectivity index (χ1v) is 6.23. The Labute approximate surface area is 104 Å². The van der Waals surface area contributed by atoms with Crippen LogP contribution in [0.3, 0.4) is 0 Å². The van der Waals surface area contributed by atoms with E-state index in [1.165, 1.54) is 5.56 Å². The predicted molar refractivity (Wildman–Crippen MR) is 73.5 cm³/mol. The fourth-order valence-corrected chi connectivity index (χ4v) is 1.62. The number of hydrogen-bond donors (Lipinski definition) is 2. The predicted octanol–water partition coefficient (Wildman–Crippen LogP) is 2.93. The Morgan fingerprint density at radius 3 is 2.35 bits per heavy atom. The van der Waals surface area contributed by atoms with Crippen LogP contribution in [0.2, 0.25) is 0 Å². The highest BCUT2D eigenvalue weighted by Gasteiger charge is 2.13. The van der Waals surface area contributed by atoms with E-state index in [9.17, 15) is 0 Å². The molecule has 0 aliphatic rings. The summed E-state index contributed by atoms with van der Waals surface area (Å²) in [6, 6.07) is 0. The summed E-state index contributed by atoms with van der Waals surface area (Å²) in [5, 5.41) is 6.55. The van der Waals surface area contributed by atoms with Crippen molar-refractivity contribution in [2.24, 2.45) is 5.41 Å². The zero-order valence-electron chi connectivity index (χ0n) is 11.6. The highest BCUT2D eigenvalue weighted by molar-refractivity contribution is 5.57. The Morgan fingerprint density at radius 1 is 1.18 bits per heavy atom. The third kappa shape index (κ3) is 4.21. The molecule has 0 spiro atoms. The largest absolute Gasteiger partial charge is 0.373 e. The molecule has 1 aromatic rings. The summed E-state index contributed by atoms with van der Waals surface area (Å²) in [6.45, 7) is 9.70. The van der Waals surface area contributed by atoms with Crippen molar-refractivity contribution in [1.82, 2.24) is 9.97 Å². The average molecular weight is 236 g/mol. The molecule has 0 saturated carbocycles. The first-order chi connectivity index (χ1) is 7.98. The molecule has 1 aromatic heterocycles. The minimum Gasteiger partial charge on any atom is -0.373 e. The van der Waals surface area contributed by atoms with Gasteiger partial charge in [0.2, 0.25) is 0 Å². The summed E-state index contributed by atoms with van der Waals surface area (Å²) < 4.78 is 0. The third-order valence-corrected chi connectivity index (χ3v) is 2.47. The summed E-state index contributed by atoms with van der Waals surface area (Å²) in [4.78, 5) is 8.61. The maximum absolute atomic E-state index is 4.35. The lowest BCUT2D eigenvalue weighted by Crippen LogP contribution is -2.20. The van der Waals surface area contributed by atoms with Crippen molar-refractivity contribution in [2.75, 3.05) is 24.2 Å². The van der Waals surface area contributed by atoms with Gasteiger partial charge in [0.1, 0.15) is 18.0 Å². The highest BCUT2D eigenvalue weighted by Crippen LogP contribution is 2.22. The number of nitrogens with zero attached hydrogens (tertiary/aromatic N) is 2. The molecule has 0 amide bonds. The molecule has 17 heavy (non-hydrogen) atoms. The van der Waals surface area contributed by atoms with Crippen LogP contribution in [0.15, 0.2) is 6.33 Å². The smallest absolute Gasteiger partial charge is 0.134 e. The van der Waals surface area contributed by atoms with Gasteiger partial charge >= 0.3 is 0 Å². The third-order valence-electron chi connectivity index (χ3n) is 2.47. The number of hydrogen-bond acceptors (Lipinski definition) is 4. The van der Waals surface area contributed by atoms with E-state index in [0.29, 0.717) is 0 Å². The number of nitrogens with one attached hydrogen (secondary N) is 2. The van der Waals surface area contributed by atoms with Crippen molar-refractivity contribution < 1.29 is 0 Å². The molecular formula is C13H24N4. The molecule has 0 aliphatic heterocycles. The normalized spacial score (nSPS) is 11.4. The monoisotopic (exact) mass is 236 g/mol. The van der Waals surface area contributed by atoms with Crippen molar-refractivity contribution in [3.8, 4) is 0 Å². The molecule has 0 radical (unpaired) electrons. The van der Waals surface area contributed by atoms with Gasteiger partial charge in [-0.15, -0.1) is 0 Å². The SMILES string of the molecule is CCCc1c(NC)ncnc1NCC(C)(C)C. The molecule has 1 heterocycles. The quantitative estimate of drug-likeness (QED) is 0.825. The second-order valence-electron chi connectivity index (χ2n) is 5.46. The molecule has 0 fully saturated rings. The minimum atomic E-state index is 0.244. The Balaban J connectivity index is 2.89. The molecule has 0 unspecified atom stereocenters. The van der Waals surface area contributed by atoms with Gasteiger partial charge in [-0.1, -0.05) is 34.1 Å². The molecule has 0 bridgehead atoms. The van der Waals surface area contributed by atoms with E-state index in [4.69, 9.17) is 0 Å². The van der Waals surface area contributed by atoms with Crippen LogP contribution >= 0.6 is 0 Å². The second kappa shape index (κ2) is 5.84. The summed E-state index contributed by atoms with van der Waals surface area (Å²) in [5.74, 6) is 1.89. The van der Waals surface area contributed by atoms with Crippen molar-refractivity contribution in [3.63, 3.8) is 0 Å². The summed E-state index contributed by atoms with van der Waals surface area (Å²) in [6.07, 6.45) is 3.69. The van der Waals surface area contributed by atoms with Gasteiger partial charge in [0.05, 0.1) is 0 Å². The first kappa shape index (κ1) is 13.7. The minimum absolute atomic E-state index is 0.244. The molecule has 1 rings (SSSR count). The Bertz CT molecular complexity index is 355. The van der Waals surface area contributed by atoms with E-state index in [2.05, 4.69) is 48.3 Å². The number of aromatic nitrogens is 2. The van der Waals surface area contributed by atoms with E-state index in [0.717, 1.165) is 31.0 Å². The fraction of sp³-hybridized carbons (Fsp3) is 0.692. The lowest BCUT2D eigenvalue weighted by molar-refractivity contribution is 0.442. The van der Waals surface area contributed by atoms with E-state index in [1.807, 2.05) is 7.05 Å². The Hall–Kier alpha value is -1.32. The molecule has 96 valence electrons. The fourth-order valence-electron chi connectivity index (χ4n) is 1.62. The lowest BCUT2D eigenvalue weighted by Gasteiger charge is -2.21. The molecule has 4 nitrogen and oxygen atoms in total. The molecule has 0 saturated heterocycles. The maximum atomic E-state index is 4.35. The van der Waals surface area contributed by atoms with Gasteiger partial charge in [-0.2, -0.15) is 0 Å². The molecule has 2 N–H and O–H groups in total. The zero-order chi connectivity index (χ0) is 12.9. The van der Waals surface area contributed by atoms with Crippen molar-refractivity contribution in [2.45, 2.75) is 40.5 Å². The van der Waals surface area contributed by atoms with E-state index in [-0.39, 0.29) is 5.41 Å². The molecular weight excluding hydrogens is 212 g/mol. The average Bonchev–Trinajstić information content (AvgIpc) is 2.27. The van der Waals surface area contributed by atoms with Gasteiger partial charge in [0.25, 0.3) is 0 Å². The molecule has 0 aromatic carbocycles. The summed E-state index contributed by atoms with van der Waals surface area (Å²) in [5.41, 5.74) is 1.43. The van der Waals surface area contributed by atoms with E-state index >= 15 is 0 Å². The Morgan fingerprint density at radius 2 is 1.82 bits per heavy atom. The lowest BCUT2D eigenvalue weighted by atomic mass is 9.97. The van der Waals surface area contributed by atoms with Gasteiger partial charge in [0, 0.05) is 19.2 Å². The van der Waals surface area contributed by atoms with Crippen molar-refractivity contribution in [1.29, 1.82) is 0 Å². The Kier molecular flexibility index (Phi) is 4.73. The van der Waals surface area contributed by atoms with Crippen LogP contribution in [-0.4, -0.2) is 23.6 Å². The van der Waals surface area contributed by atoms with Gasteiger partial charge in [0.15, 0.2) is 0 Å². The van der Waals surface area contributed by atoms with Crippen molar-refractivity contribution in [3.05, 3.63) is 11.9 Å². The molecule has 0 atom stereocenters. The van der Waals surface area contributed by atoms with Crippen LogP contribution in [-0.2, 0) is 6.42 Å². The van der Waals surface area contributed by atoms with Gasteiger partial charge in [-0.3, -0.25) is 0 Å². The van der Waals surface area contributed by atoms with Gasteiger partial charge < -0.3 is 10.6 Å². The zero-order valence-corrected chi connectivity index (χ0v) is 11.6. The molecule has 4 heteroatoms. The van der Waals surface area contributed by atoms with Crippen LogP contribution in [0, 0.1) is 5.41 Å². The second-order valence-corrected chi connectivity index (χ2v) is 5.46. The number of anilines is 2. The van der Waals surface area contributed by atoms with Crippen molar-refractivity contribution >= 4 is 11.6 Å². The topological polar surface area (TPSA) is 49.8 Å². The summed E-state index contributed by atoms with van der Waals surface area (Å²) in [7, 11) is 1.90. The van der Waals surface area contributed by atoms with Crippen LogP contribution in [0.4, 0.5) is 11.6 Å². The van der Waals surface area contributed by atoms with Crippen LogP contribution in [0.5, 0.6) is 0 Å². The van der Waals surface area contributed by atoms with Gasteiger partial charge in [-0.05, 0) is 11.8 Å². The standard InChI is InChI=1S/C13H24N4/c1-6-7-10-11(14-5)16-9-17-12(10)15-8-13(2,3)4/h9H,6-8H2,1-5H3,(H2,14,15,16,17). The number of rotatable bonds is 5. The first-order valence-electron chi connectivity index (χ1n) is 6.23. The van der Waals surface area contributed by atoms with E-state index < -0.39 is 0 Å². The van der Waals surface area contributed by atoms with Crippen LogP contribution < -0.4 is 10.6 Å². The summed E-state index contributed by atoms with van der Waals surface area (Å²) >= 11 is 0. The maximum Gasteiger partial charge on any atom is 0.134 e. The highest BCUT2D eigenvalue weighted by atomic mass is 15.1. The van der Waals surface area contributed by atoms with Crippen LogP contribution in [0.25, 0.3) is 0 Å².